The average molecular weight is 399 g/mol. The molecule has 9 nitrogen and oxygen atoms in total. The minimum Gasteiger partial charge on any atom is -0.492 e. The summed E-state index contributed by atoms with van der Waals surface area (Å²) in [5, 5.41) is 9.28. The van der Waals surface area contributed by atoms with Crippen molar-refractivity contribution in [1.82, 2.24) is 4.90 Å². The number of fused-ring (bicyclic) bond motifs is 1. The Balaban J connectivity index is 1.60. The molecule has 1 aliphatic rings. The van der Waals surface area contributed by atoms with Gasteiger partial charge < -0.3 is 14.5 Å². The summed E-state index contributed by atoms with van der Waals surface area (Å²) in [5.74, 6) is -0.524. The number of anilines is 1. The highest BCUT2D eigenvalue weighted by Crippen LogP contribution is 2.27. The van der Waals surface area contributed by atoms with Crippen molar-refractivity contribution in [2.24, 2.45) is 0 Å². The van der Waals surface area contributed by atoms with Gasteiger partial charge in [0.2, 0.25) is 0 Å². The van der Waals surface area contributed by atoms with Crippen molar-refractivity contribution in [1.29, 1.82) is 0 Å². The Hall–Kier alpha value is -3.62. The van der Waals surface area contributed by atoms with Crippen molar-refractivity contribution in [3.8, 4) is 5.75 Å². The first-order valence-corrected chi connectivity index (χ1v) is 9.21. The summed E-state index contributed by atoms with van der Waals surface area (Å²) < 4.78 is 5.78. The molecule has 2 aromatic carbocycles. The van der Waals surface area contributed by atoms with Gasteiger partial charge in [0.15, 0.2) is 0 Å². The molecule has 0 N–H and O–H groups in total. The molecule has 0 saturated carbocycles. The second-order valence-electron chi connectivity index (χ2n) is 6.29. The molecule has 0 aliphatic carbocycles. The largest absolute Gasteiger partial charge is 0.492 e. The van der Waals surface area contributed by atoms with E-state index >= 15 is 0 Å². The summed E-state index contributed by atoms with van der Waals surface area (Å²) in [6.45, 7) is 3.40. The fourth-order valence-corrected chi connectivity index (χ4v) is 3.15. The van der Waals surface area contributed by atoms with E-state index in [9.17, 15) is 19.7 Å². The van der Waals surface area contributed by atoms with Gasteiger partial charge in [0.1, 0.15) is 19.0 Å². The Kier molecular flexibility index (Phi) is 6.28. The van der Waals surface area contributed by atoms with Gasteiger partial charge in [-0.05, 0) is 37.3 Å². The molecule has 0 unspecified atom stereocenters. The molecule has 1 aliphatic heterocycles. The zero-order chi connectivity index (χ0) is 20.8. The second-order valence-corrected chi connectivity index (χ2v) is 6.29. The van der Waals surface area contributed by atoms with Gasteiger partial charge in [-0.15, -0.1) is 10.1 Å². The highest BCUT2D eigenvalue weighted by molar-refractivity contribution is 6.21. The number of hydrogen-bond acceptors (Lipinski definition) is 7. The Morgan fingerprint density at radius 2 is 1.76 bits per heavy atom. The lowest BCUT2D eigenvalue weighted by Crippen LogP contribution is -2.33. The predicted octanol–water partition coefficient (Wildman–Crippen LogP) is 2.40. The third-order valence-corrected chi connectivity index (χ3v) is 4.59. The number of likely N-dealkylation sites (N-methyl/N-ethyl adjacent to an activating group) is 1. The molecule has 0 saturated heterocycles. The van der Waals surface area contributed by atoms with Crippen LogP contribution in [0, 0.1) is 10.1 Å². The Labute approximate surface area is 167 Å². The van der Waals surface area contributed by atoms with Crippen LogP contribution in [0.4, 0.5) is 5.69 Å². The summed E-state index contributed by atoms with van der Waals surface area (Å²) in [5.41, 5.74) is 1.58. The number of carbonyl (C=O) groups excluding carboxylic acids is 2. The summed E-state index contributed by atoms with van der Waals surface area (Å²) in [4.78, 5) is 42.3. The molecule has 0 aromatic heterocycles. The summed E-state index contributed by atoms with van der Waals surface area (Å²) in [6.07, 6.45) is 0. The van der Waals surface area contributed by atoms with Crippen molar-refractivity contribution >= 4 is 17.5 Å². The Morgan fingerprint density at radius 1 is 1.03 bits per heavy atom. The lowest BCUT2D eigenvalue weighted by Gasteiger charge is -2.23. The highest BCUT2D eigenvalue weighted by Gasteiger charge is 2.35. The van der Waals surface area contributed by atoms with Crippen LogP contribution in [0.5, 0.6) is 5.75 Å². The van der Waals surface area contributed by atoms with Gasteiger partial charge in [0, 0.05) is 12.2 Å². The molecule has 2 aromatic rings. The lowest BCUT2D eigenvalue weighted by molar-refractivity contribution is -0.757. The number of amides is 2. The van der Waals surface area contributed by atoms with Crippen LogP contribution < -0.4 is 9.64 Å². The van der Waals surface area contributed by atoms with Crippen LogP contribution >= 0.6 is 0 Å². The molecule has 152 valence electrons. The van der Waals surface area contributed by atoms with Gasteiger partial charge >= 0.3 is 0 Å². The first-order valence-electron chi connectivity index (χ1n) is 9.21. The zero-order valence-electron chi connectivity index (χ0n) is 15.9. The Morgan fingerprint density at radius 3 is 2.45 bits per heavy atom. The van der Waals surface area contributed by atoms with E-state index in [0.717, 1.165) is 17.1 Å². The molecule has 0 atom stereocenters. The van der Waals surface area contributed by atoms with E-state index in [-0.39, 0.29) is 24.3 Å². The van der Waals surface area contributed by atoms with Gasteiger partial charge in [-0.3, -0.25) is 14.5 Å². The molecular weight excluding hydrogens is 378 g/mol. The van der Waals surface area contributed by atoms with E-state index in [1.807, 2.05) is 30.3 Å². The summed E-state index contributed by atoms with van der Waals surface area (Å²) in [6, 6.07) is 14.7. The first kappa shape index (κ1) is 20.1. The molecule has 0 radical (unpaired) electrons. The zero-order valence-corrected chi connectivity index (χ0v) is 15.9. The molecule has 3 rings (SSSR count). The van der Waals surface area contributed by atoms with Gasteiger partial charge in [0.05, 0.1) is 24.2 Å². The molecule has 0 fully saturated rings. The van der Waals surface area contributed by atoms with Crippen LogP contribution in [-0.4, -0.2) is 54.6 Å². The number of hydrogen-bond donors (Lipinski definition) is 0. The molecule has 2 amide bonds. The quantitative estimate of drug-likeness (QED) is 0.343. The highest BCUT2D eigenvalue weighted by atomic mass is 16.9. The standard InChI is InChI=1S/C20H21N3O6/c1-2-21(15-6-4-3-5-7-15)10-12-28-16-8-9-17-18(14-16)20(25)22(19(17)24)11-13-29-23(26)27/h3-9,14H,2,10-13H2,1H3. The maximum atomic E-state index is 12.5. The minimum atomic E-state index is -0.959. The fraction of sp³-hybridized carbons (Fsp3) is 0.300. The number of nitrogens with zero attached hydrogens (tertiary/aromatic N) is 3. The van der Waals surface area contributed by atoms with Crippen LogP contribution in [0.15, 0.2) is 48.5 Å². The predicted molar refractivity (Wildman–Crippen MR) is 105 cm³/mol. The maximum Gasteiger partial charge on any atom is 0.294 e. The SMILES string of the molecule is CCN(CCOc1ccc2c(c1)C(=O)N(CCO[N+](=O)[O-])C2=O)c1ccccc1. The second kappa shape index (κ2) is 9.05. The number of benzene rings is 2. The molecule has 29 heavy (non-hydrogen) atoms. The van der Waals surface area contributed by atoms with Crippen LogP contribution in [0.3, 0.4) is 0 Å². The van der Waals surface area contributed by atoms with E-state index in [4.69, 9.17) is 4.74 Å². The van der Waals surface area contributed by atoms with Crippen LogP contribution in [-0.2, 0) is 4.84 Å². The topological polar surface area (TPSA) is 102 Å². The first-order chi connectivity index (χ1) is 14.0. The minimum absolute atomic E-state index is 0.188. The van der Waals surface area contributed by atoms with E-state index in [2.05, 4.69) is 16.7 Å². The fourth-order valence-electron chi connectivity index (χ4n) is 3.15. The number of ether oxygens (including phenoxy) is 1. The van der Waals surface area contributed by atoms with Gasteiger partial charge in [-0.25, -0.2) is 0 Å². The monoisotopic (exact) mass is 399 g/mol. The van der Waals surface area contributed by atoms with Crippen LogP contribution in [0.2, 0.25) is 0 Å². The van der Waals surface area contributed by atoms with E-state index in [1.165, 1.54) is 12.1 Å². The van der Waals surface area contributed by atoms with Gasteiger partial charge in [-0.1, -0.05) is 18.2 Å². The van der Waals surface area contributed by atoms with Crippen molar-refractivity contribution in [2.45, 2.75) is 6.92 Å². The number of carbonyl (C=O) groups is 2. The van der Waals surface area contributed by atoms with Crippen molar-refractivity contribution in [2.75, 3.05) is 37.7 Å². The normalized spacial score (nSPS) is 12.7. The van der Waals surface area contributed by atoms with E-state index in [1.54, 1.807) is 6.07 Å². The Bertz CT molecular complexity index is 902. The summed E-state index contributed by atoms with van der Waals surface area (Å²) in [7, 11) is 0. The molecule has 9 heteroatoms. The summed E-state index contributed by atoms with van der Waals surface area (Å²) >= 11 is 0. The van der Waals surface area contributed by atoms with Gasteiger partial charge in [0.25, 0.3) is 16.9 Å². The van der Waals surface area contributed by atoms with E-state index < -0.39 is 16.9 Å². The maximum absolute atomic E-state index is 12.5. The number of rotatable bonds is 10. The van der Waals surface area contributed by atoms with E-state index in [0.29, 0.717) is 18.9 Å². The van der Waals surface area contributed by atoms with Crippen molar-refractivity contribution < 1.29 is 24.3 Å². The van der Waals surface area contributed by atoms with Crippen molar-refractivity contribution in [3.05, 3.63) is 69.8 Å². The molecule has 1 heterocycles. The third-order valence-electron chi connectivity index (χ3n) is 4.59. The lowest BCUT2D eigenvalue weighted by atomic mass is 10.1. The number of imide groups is 1. The van der Waals surface area contributed by atoms with Crippen LogP contribution in [0.25, 0.3) is 0 Å². The van der Waals surface area contributed by atoms with Crippen molar-refractivity contribution in [3.63, 3.8) is 0 Å². The average Bonchev–Trinajstić information content (AvgIpc) is 2.96. The molecule has 0 spiro atoms. The van der Waals surface area contributed by atoms with Crippen LogP contribution in [0.1, 0.15) is 27.6 Å². The molecule has 0 bridgehead atoms. The smallest absolute Gasteiger partial charge is 0.294 e. The number of para-hydroxylation sites is 1. The molecular formula is C20H21N3O6. The third kappa shape index (κ3) is 4.63. The van der Waals surface area contributed by atoms with Gasteiger partial charge in [-0.2, -0.15) is 0 Å².